The van der Waals surface area contributed by atoms with Crippen LogP contribution in [0, 0.1) is 5.82 Å². The van der Waals surface area contributed by atoms with Crippen molar-refractivity contribution in [2.24, 2.45) is 5.73 Å². The second-order valence-corrected chi connectivity index (χ2v) is 3.86. The zero-order valence-electron chi connectivity index (χ0n) is 9.52. The summed E-state index contributed by atoms with van der Waals surface area (Å²) in [7, 11) is 0. The van der Waals surface area contributed by atoms with Gasteiger partial charge in [0, 0.05) is 11.6 Å². The maximum Gasteiger partial charge on any atom is 0.331 e. The minimum absolute atomic E-state index is 0.0721. The van der Waals surface area contributed by atoms with Crippen molar-refractivity contribution < 1.29 is 18.7 Å². The Kier molecular flexibility index (Phi) is 4.85. The summed E-state index contributed by atoms with van der Waals surface area (Å²) in [6.07, 6.45) is 1.11. The number of ether oxygens (including phenoxy) is 1. The smallest absolute Gasteiger partial charge is 0.331 e. The highest BCUT2D eigenvalue weighted by molar-refractivity contribution is 6.32. The first kappa shape index (κ1) is 14.2. The fourth-order valence-corrected chi connectivity index (χ4v) is 1.32. The molecule has 0 saturated heterocycles. The van der Waals surface area contributed by atoms with Crippen LogP contribution in [-0.4, -0.2) is 18.0 Å². The molecule has 0 heterocycles. The number of esters is 1. The summed E-state index contributed by atoms with van der Waals surface area (Å²) in [5, 5.41) is 0.169. The average Bonchev–Trinajstić information content (AvgIpc) is 2.28. The van der Waals surface area contributed by atoms with Gasteiger partial charge >= 0.3 is 5.97 Å². The molecule has 1 aromatic carbocycles. The number of benzene rings is 1. The van der Waals surface area contributed by atoms with Gasteiger partial charge in [-0.2, -0.15) is 0 Å². The molecule has 1 atom stereocenters. The molecular weight excluding hydrogens is 261 g/mol. The van der Waals surface area contributed by atoms with E-state index in [1.807, 2.05) is 0 Å². The van der Waals surface area contributed by atoms with Crippen LogP contribution in [0.25, 0.3) is 6.08 Å². The number of hydrogen-bond acceptors (Lipinski definition) is 3. The summed E-state index contributed by atoms with van der Waals surface area (Å²) in [6, 6.07) is 4.15. The summed E-state index contributed by atoms with van der Waals surface area (Å²) in [6.45, 7) is 1.34. The number of hydrogen-bond donors (Lipinski definition) is 1. The molecule has 18 heavy (non-hydrogen) atoms. The molecule has 2 N–H and O–H groups in total. The molecule has 96 valence electrons. The van der Waals surface area contributed by atoms with Crippen LogP contribution in [0.4, 0.5) is 4.39 Å². The summed E-state index contributed by atoms with van der Waals surface area (Å²) in [5.74, 6) is -2.13. The fourth-order valence-electron chi connectivity index (χ4n) is 1.09. The van der Waals surface area contributed by atoms with Gasteiger partial charge < -0.3 is 10.5 Å². The Labute approximate surface area is 108 Å². The van der Waals surface area contributed by atoms with E-state index in [4.69, 9.17) is 17.3 Å². The van der Waals surface area contributed by atoms with Crippen LogP contribution >= 0.6 is 11.6 Å². The average molecular weight is 272 g/mol. The molecule has 0 aromatic heterocycles. The number of halogens is 2. The van der Waals surface area contributed by atoms with Gasteiger partial charge in [0.2, 0.25) is 0 Å². The Hall–Kier alpha value is -1.88. The summed E-state index contributed by atoms with van der Waals surface area (Å²) in [5.41, 5.74) is 4.99. The maximum atomic E-state index is 13.3. The molecule has 0 bridgehead atoms. The second-order valence-electron chi connectivity index (χ2n) is 3.45. The summed E-state index contributed by atoms with van der Waals surface area (Å²) < 4.78 is 18.0. The van der Waals surface area contributed by atoms with Gasteiger partial charge in [-0.15, -0.1) is 0 Å². The van der Waals surface area contributed by atoms with E-state index in [0.717, 1.165) is 6.08 Å². The van der Waals surface area contributed by atoms with Crippen LogP contribution in [0.1, 0.15) is 12.5 Å². The number of carbonyl (C=O) groups excluding carboxylic acids is 2. The molecule has 1 rings (SSSR count). The van der Waals surface area contributed by atoms with Crippen molar-refractivity contribution in [2.75, 3.05) is 0 Å². The lowest BCUT2D eigenvalue weighted by atomic mass is 10.2. The van der Waals surface area contributed by atoms with Crippen molar-refractivity contribution in [3.05, 3.63) is 40.7 Å². The lowest BCUT2D eigenvalue weighted by molar-refractivity contribution is -0.148. The molecule has 1 unspecified atom stereocenters. The third-order valence-electron chi connectivity index (χ3n) is 2.08. The predicted octanol–water partition coefficient (Wildman–Crippen LogP) is 1.91. The lowest BCUT2D eigenvalue weighted by Crippen LogP contribution is -2.29. The van der Waals surface area contributed by atoms with E-state index in [2.05, 4.69) is 4.74 Å². The molecule has 0 radical (unpaired) electrons. The van der Waals surface area contributed by atoms with E-state index < -0.39 is 23.8 Å². The van der Waals surface area contributed by atoms with Gasteiger partial charge in [0.05, 0.1) is 5.02 Å². The van der Waals surface area contributed by atoms with Gasteiger partial charge in [-0.05, 0) is 25.1 Å². The first-order valence-corrected chi connectivity index (χ1v) is 5.41. The maximum absolute atomic E-state index is 13.3. The van der Waals surface area contributed by atoms with Crippen molar-refractivity contribution in [3.63, 3.8) is 0 Å². The quantitative estimate of drug-likeness (QED) is 0.672. The second kappa shape index (κ2) is 6.16. The molecule has 0 fully saturated rings. The van der Waals surface area contributed by atoms with Crippen molar-refractivity contribution in [1.29, 1.82) is 0 Å². The Morgan fingerprint density at radius 1 is 1.50 bits per heavy atom. The van der Waals surface area contributed by atoms with E-state index >= 15 is 0 Å². The molecule has 1 amide bonds. The molecule has 0 spiro atoms. The van der Waals surface area contributed by atoms with Gasteiger partial charge in [0.1, 0.15) is 5.82 Å². The van der Waals surface area contributed by atoms with E-state index in [1.54, 1.807) is 0 Å². The molecule has 0 aliphatic rings. The number of primary amides is 1. The predicted molar refractivity (Wildman–Crippen MR) is 65.2 cm³/mol. The van der Waals surface area contributed by atoms with E-state index in [1.165, 1.54) is 31.2 Å². The van der Waals surface area contributed by atoms with Gasteiger partial charge in [-0.25, -0.2) is 9.18 Å². The first-order valence-electron chi connectivity index (χ1n) is 5.04. The van der Waals surface area contributed by atoms with Crippen molar-refractivity contribution in [2.45, 2.75) is 13.0 Å². The van der Waals surface area contributed by atoms with Crippen LogP contribution in [0.15, 0.2) is 24.3 Å². The van der Waals surface area contributed by atoms with Crippen LogP contribution < -0.4 is 5.73 Å². The minimum atomic E-state index is -1.04. The van der Waals surface area contributed by atoms with E-state index in [0.29, 0.717) is 0 Å². The fraction of sp³-hybridized carbons (Fsp3) is 0.167. The number of amides is 1. The number of nitrogens with two attached hydrogens (primary N) is 1. The van der Waals surface area contributed by atoms with Crippen molar-refractivity contribution >= 4 is 29.6 Å². The molecule has 0 aliphatic carbocycles. The van der Waals surface area contributed by atoms with Gasteiger partial charge in [-0.1, -0.05) is 17.7 Å². The highest BCUT2D eigenvalue weighted by atomic mass is 35.5. The third-order valence-corrected chi connectivity index (χ3v) is 2.41. The normalized spacial score (nSPS) is 12.4. The molecule has 0 aliphatic heterocycles. The Morgan fingerprint density at radius 3 is 2.72 bits per heavy atom. The Bertz CT molecular complexity index is 482. The lowest BCUT2D eigenvalue weighted by Gasteiger charge is -2.06. The van der Waals surface area contributed by atoms with Gasteiger partial charge in [0.15, 0.2) is 6.10 Å². The number of rotatable bonds is 4. The first-order chi connectivity index (χ1) is 8.41. The van der Waals surface area contributed by atoms with Crippen molar-refractivity contribution in [3.8, 4) is 0 Å². The molecule has 0 saturated carbocycles. The highest BCUT2D eigenvalue weighted by Gasteiger charge is 2.12. The molecule has 1 aromatic rings. The van der Waals surface area contributed by atoms with E-state index in [-0.39, 0.29) is 10.6 Å². The standard InChI is InChI=1S/C12H11ClFNO3/c1-7(12(15)17)18-11(16)6-5-8-9(13)3-2-4-10(8)14/h2-7H,1H3,(H2,15,17)/b6-5+. The largest absolute Gasteiger partial charge is 0.449 e. The van der Waals surface area contributed by atoms with Crippen molar-refractivity contribution in [1.82, 2.24) is 0 Å². The van der Waals surface area contributed by atoms with Gasteiger partial charge in [-0.3, -0.25) is 4.79 Å². The van der Waals surface area contributed by atoms with E-state index in [9.17, 15) is 14.0 Å². The topological polar surface area (TPSA) is 69.4 Å². The third kappa shape index (κ3) is 3.85. The Balaban J connectivity index is 2.75. The SMILES string of the molecule is CC(OC(=O)/C=C/c1c(F)cccc1Cl)C(N)=O. The van der Waals surface area contributed by atoms with Crippen LogP contribution in [-0.2, 0) is 14.3 Å². The zero-order valence-corrected chi connectivity index (χ0v) is 10.3. The van der Waals surface area contributed by atoms with Crippen LogP contribution in [0.3, 0.4) is 0 Å². The van der Waals surface area contributed by atoms with Crippen LogP contribution in [0.2, 0.25) is 5.02 Å². The van der Waals surface area contributed by atoms with Crippen LogP contribution in [0.5, 0.6) is 0 Å². The monoisotopic (exact) mass is 271 g/mol. The molecular formula is C12H11ClFNO3. The zero-order chi connectivity index (χ0) is 13.7. The highest BCUT2D eigenvalue weighted by Crippen LogP contribution is 2.20. The molecule has 6 heteroatoms. The molecule has 4 nitrogen and oxygen atoms in total. The number of carbonyl (C=O) groups is 2. The summed E-state index contributed by atoms with van der Waals surface area (Å²) in [4.78, 5) is 21.9. The van der Waals surface area contributed by atoms with Gasteiger partial charge in [0.25, 0.3) is 5.91 Å². The summed E-state index contributed by atoms with van der Waals surface area (Å²) >= 11 is 5.75. The Morgan fingerprint density at radius 2 is 2.17 bits per heavy atom. The minimum Gasteiger partial charge on any atom is -0.449 e.